The van der Waals surface area contributed by atoms with E-state index in [4.69, 9.17) is 15.2 Å². The van der Waals surface area contributed by atoms with Crippen molar-refractivity contribution in [2.75, 3.05) is 46.5 Å². The first-order valence-corrected chi connectivity index (χ1v) is 7.95. The molecule has 4 heteroatoms. The average molecular weight is 292 g/mol. The van der Waals surface area contributed by atoms with Crippen LogP contribution in [0.5, 0.6) is 5.75 Å². The number of hydrogen-bond donors (Lipinski definition) is 1. The van der Waals surface area contributed by atoms with E-state index in [9.17, 15) is 0 Å². The Morgan fingerprint density at radius 2 is 1.90 bits per heavy atom. The molecule has 0 saturated carbocycles. The fraction of sp³-hybridized carbons (Fsp3) is 0.647. The van der Waals surface area contributed by atoms with Crippen molar-refractivity contribution in [2.45, 2.75) is 19.3 Å². The highest BCUT2D eigenvalue weighted by molar-refractivity contribution is 5.27. The summed E-state index contributed by atoms with van der Waals surface area (Å²) in [5.74, 6) is 1.69. The minimum atomic E-state index is 0.694. The number of rotatable bonds is 8. The lowest BCUT2D eigenvalue weighted by Gasteiger charge is -2.31. The molecule has 0 atom stereocenters. The van der Waals surface area contributed by atoms with Gasteiger partial charge >= 0.3 is 0 Å². The lowest BCUT2D eigenvalue weighted by molar-refractivity contribution is 0.0928. The molecule has 1 aromatic carbocycles. The molecule has 1 heterocycles. The third kappa shape index (κ3) is 5.65. The number of nitrogens with two attached hydrogens (primary N) is 1. The summed E-state index contributed by atoms with van der Waals surface area (Å²) in [7, 11) is 1.79. The molecular formula is C17H28N2O2. The van der Waals surface area contributed by atoms with Gasteiger partial charge in [-0.1, -0.05) is 12.1 Å². The first kappa shape index (κ1) is 16.3. The predicted molar refractivity (Wildman–Crippen MR) is 85.7 cm³/mol. The van der Waals surface area contributed by atoms with E-state index < -0.39 is 0 Å². The Balaban J connectivity index is 1.63. The van der Waals surface area contributed by atoms with Gasteiger partial charge in [0.1, 0.15) is 12.4 Å². The summed E-state index contributed by atoms with van der Waals surface area (Å²) in [6, 6.07) is 8.27. The Hall–Kier alpha value is -1.10. The van der Waals surface area contributed by atoms with Crippen LogP contribution in [0, 0.1) is 5.92 Å². The summed E-state index contributed by atoms with van der Waals surface area (Å²) in [6.45, 7) is 5.67. The van der Waals surface area contributed by atoms with Gasteiger partial charge in [0, 0.05) is 20.3 Å². The van der Waals surface area contributed by atoms with Gasteiger partial charge in [-0.2, -0.15) is 0 Å². The van der Waals surface area contributed by atoms with Crippen LogP contribution in [-0.4, -0.2) is 51.4 Å². The fourth-order valence-corrected chi connectivity index (χ4v) is 2.82. The molecule has 1 fully saturated rings. The van der Waals surface area contributed by atoms with Crippen LogP contribution in [0.25, 0.3) is 0 Å². The van der Waals surface area contributed by atoms with E-state index in [1.54, 1.807) is 7.11 Å². The van der Waals surface area contributed by atoms with Crippen molar-refractivity contribution >= 4 is 0 Å². The molecule has 2 rings (SSSR count). The summed E-state index contributed by atoms with van der Waals surface area (Å²) in [5.41, 5.74) is 6.81. The zero-order valence-electron chi connectivity index (χ0n) is 13.1. The van der Waals surface area contributed by atoms with Crippen molar-refractivity contribution in [3.63, 3.8) is 0 Å². The van der Waals surface area contributed by atoms with E-state index in [-0.39, 0.29) is 0 Å². The first-order valence-electron chi connectivity index (χ1n) is 7.95. The van der Waals surface area contributed by atoms with E-state index in [0.717, 1.165) is 50.9 Å². The van der Waals surface area contributed by atoms with Crippen molar-refractivity contribution in [2.24, 2.45) is 11.7 Å². The summed E-state index contributed by atoms with van der Waals surface area (Å²) in [6.07, 6.45) is 3.40. The molecule has 1 aliphatic rings. The van der Waals surface area contributed by atoms with Crippen LogP contribution in [0.2, 0.25) is 0 Å². The lowest BCUT2D eigenvalue weighted by atomic mass is 9.98. The van der Waals surface area contributed by atoms with Crippen molar-refractivity contribution in [1.29, 1.82) is 0 Å². The smallest absolute Gasteiger partial charge is 0.119 e. The van der Waals surface area contributed by atoms with Gasteiger partial charge in [-0.25, -0.2) is 0 Å². The van der Waals surface area contributed by atoms with E-state index in [1.807, 2.05) is 12.1 Å². The molecule has 4 nitrogen and oxygen atoms in total. The van der Waals surface area contributed by atoms with Crippen LogP contribution < -0.4 is 10.5 Å². The Kier molecular flexibility index (Phi) is 7.00. The maximum atomic E-state index is 5.82. The summed E-state index contributed by atoms with van der Waals surface area (Å²) in [5, 5.41) is 0. The molecule has 1 aliphatic heterocycles. The molecule has 0 radical (unpaired) electrons. The van der Waals surface area contributed by atoms with Crippen LogP contribution in [0.15, 0.2) is 24.3 Å². The number of nitrogens with zero attached hydrogens (tertiary/aromatic N) is 1. The quantitative estimate of drug-likeness (QED) is 0.795. The van der Waals surface area contributed by atoms with Crippen LogP contribution in [0.1, 0.15) is 18.4 Å². The number of likely N-dealkylation sites (tertiary alicyclic amines) is 1. The Labute approximate surface area is 128 Å². The Bertz CT molecular complexity index is 386. The Morgan fingerprint density at radius 3 is 2.52 bits per heavy atom. The van der Waals surface area contributed by atoms with Gasteiger partial charge in [0.2, 0.25) is 0 Å². The second-order valence-electron chi connectivity index (χ2n) is 5.77. The lowest BCUT2D eigenvalue weighted by Crippen LogP contribution is -2.37. The van der Waals surface area contributed by atoms with Crippen LogP contribution >= 0.6 is 0 Å². The van der Waals surface area contributed by atoms with Crippen molar-refractivity contribution < 1.29 is 9.47 Å². The van der Waals surface area contributed by atoms with Gasteiger partial charge in [-0.05, 0) is 62.5 Å². The number of methoxy groups -OCH3 is 1. The average Bonchev–Trinajstić information content (AvgIpc) is 2.51. The van der Waals surface area contributed by atoms with Crippen LogP contribution in [0.4, 0.5) is 0 Å². The molecule has 21 heavy (non-hydrogen) atoms. The molecule has 0 amide bonds. The molecule has 2 N–H and O–H groups in total. The summed E-state index contributed by atoms with van der Waals surface area (Å²) < 4.78 is 11.1. The molecule has 0 aliphatic carbocycles. The number of piperidine rings is 1. The number of benzene rings is 1. The summed E-state index contributed by atoms with van der Waals surface area (Å²) in [4.78, 5) is 2.48. The minimum absolute atomic E-state index is 0.694. The molecule has 0 aromatic heterocycles. The monoisotopic (exact) mass is 292 g/mol. The van der Waals surface area contributed by atoms with Gasteiger partial charge in [0.15, 0.2) is 0 Å². The largest absolute Gasteiger partial charge is 0.492 e. The van der Waals surface area contributed by atoms with E-state index in [1.165, 1.54) is 18.4 Å². The van der Waals surface area contributed by atoms with Gasteiger partial charge in [0.25, 0.3) is 0 Å². The van der Waals surface area contributed by atoms with Crippen LogP contribution in [-0.2, 0) is 11.2 Å². The summed E-state index contributed by atoms with van der Waals surface area (Å²) >= 11 is 0. The predicted octanol–water partition coefficient (Wildman–Crippen LogP) is 1.92. The third-order valence-corrected chi connectivity index (χ3v) is 4.14. The SMILES string of the molecule is COCC1CCN(CCOc2ccc(CCN)cc2)CC1. The highest BCUT2D eigenvalue weighted by Crippen LogP contribution is 2.17. The van der Waals surface area contributed by atoms with Gasteiger partial charge in [-0.3, -0.25) is 4.90 Å². The van der Waals surface area contributed by atoms with E-state index in [0.29, 0.717) is 6.54 Å². The van der Waals surface area contributed by atoms with Crippen LogP contribution in [0.3, 0.4) is 0 Å². The second-order valence-corrected chi connectivity index (χ2v) is 5.77. The number of hydrogen-bond acceptors (Lipinski definition) is 4. The first-order chi connectivity index (χ1) is 10.3. The second kappa shape index (κ2) is 9.03. The zero-order chi connectivity index (χ0) is 14.9. The fourth-order valence-electron chi connectivity index (χ4n) is 2.82. The van der Waals surface area contributed by atoms with Crippen molar-refractivity contribution in [3.8, 4) is 5.75 Å². The topological polar surface area (TPSA) is 47.7 Å². The molecule has 0 bridgehead atoms. The standard InChI is InChI=1S/C17H28N2O2/c1-20-14-16-7-10-19(11-8-16)12-13-21-17-4-2-15(3-5-17)6-9-18/h2-5,16H,6-14,18H2,1H3. The zero-order valence-corrected chi connectivity index (χ0v) is 13.1. The highest BCUT2D eigenvalue weighted by Gasteiger charge is 2.18. The van der Waals surface area contributed by atoms with E-state index in [2.05, 4.69) is 17.0 Å². The maximum Gasteiger partial charge on any atom is 0.119 e. The molecule has 1 aromatic rings. The molecular weight excluding hydrogens is 264 g/mol. The normalized spacial score (nSPS) is 17.0. The van der Waals surface area contributed by atoms with Gasteiger partial charge in [0.05, 0.1) is 0 Å². The Morgan fingerprint density at radius 1 is 1.19 bits per heavy atom. The number of ether oxygens (including phenoxy) is 2. The van der Waals surface area contributed by atoms with Crippen molar-refractivity contribution in [3.05, 3.63) is 29.8 Å². The highest BCUT2D eigenvalue weighted by atomic mass is 16.5. The third-order valence-electron chi connectivity index (χ3n) is 4.14. The molecule has 1 saturated heterocycles. The van der Waals surface area contributed by atoms with E-state index >= 15 is 0 Å². The molecule has 118 valence electrons. The van der Waals surface area contributed by atoms with Gasteiger partial charge < -0.3 is 15.2 Å². The molecule has 0 unspecified atom stereocenters. The maximum absolute atomic E-state index is 5.82. The minimum Gasteiger partial charge on any atom is -0.492 e. The van der Waals surface area contributed by atoms with Gasteiger partial charge in [-0.15, -0.1) is 0 Å². The molecule has 0 spiro atoms. The van der Waals surface area contributed by atoms with Crippen molar-refractivity contribution in [1.82, 2.24) is 4.90 Å².